The molecular weight excluding hydrogens is 208 g/mol. The van der Waals surface area contributed by atoms with Crippen LogP contribution in [-0.2, 0) is 0 Å². The minimum Gasteiger partial charge on any atom is -0.329 e. The fourth-order valence-corrected chi connectivity index (χ4v) is 2.68. The molecule has 1 fully saturated rings. The summed E-state index contributed by atoms with van der Waals surface area (Å²) >= 11 is 0. The fourth-order valence-electron chi connectivity index (χ4n) is 2.68. The van der Waals surface area contributed by atoms with Crippen LogP contribution in [0.2, 0.25) is 0 Å². The Morgan fingerprint density at radius 1 is 1.29 bits per heavy atom. The van der Waals surface area contributed by atoms with Gasteiger partial charge in [0, 0.05) is 18.1 Å². The average molecular weight is 240 g/mol. The van der Waals surface area contributed by atoms with Crippen LogP contribution in [0.4, 0.5) is 0 Å². The fraction of sp³-hybridized carbons (Fsp3) is 1.00. The van der Waals surface area contributed by atoms with Gasteiger partial charge in [-0.25, -0.2) is 0 Å². The summed E-state index contributed by atoms with van der Waals surface area (Å²) < 4.78 is 0. The Labute approximate surface area is 108 Å². The molecule has 0 saturated heterocycles. The molecule has 2 atom stereocenters. The van der Waals surface area contributed by atoms with Crippen molar-refractivity contribution < 1.29 is 0 Å². The van der Waals surface area contributed by atoms with E-state index in [4.69, 9.17) is 5.73 Å². The van der Waals surface area contributed by atoms with E-state index in [1.807, 2.05) is 0 Å². The molecule has 17 heavy (non-hydrogen) atoms. The Hall–Kier alpha value is -0.0800. The van der Waals surface area contributed by atoms with Crippen molar-refractivity contribution in [2.75, 3.05) is 13.1 Å². The molecule has 2 unspecified atom stereocenters. The van der Waals surface area contributed by atoms with Gasteiger partial charge in [-0.15, -0.1) is 0 Å². The van der Waals surface area contributed by atoms with Crippen LogP contribution in [0, 0.1) is 11.8 Å². The molecule has 0 spiro atoms. The zero-order chi connectivity index (χ0) is 13.1. The van der Waals surface area contributed by atoms with Crippen molar-refractivity contribution in [2.24, 2.45) is 17.6 Å². The summed E-state index contributed by atoms with van der Waals surface area (Å²) in [6.45, 7) is 13.7. The van der Waals surface area contributed by atoms with Gasteiger partial charge in [0.05, 0.1) is 0 Å². The molecule has 2 nitrogen and oxygen atoms in total. The van der Waals surface area contributed by atoms with Gasteiger partial charge in [-0.2, -0.15) is 0 Å². The van der Waals surface area contributed by atoms with Gasteiger partial charge in [0.25, 0.3) is 0 Å². The SMILES string of the molecule is CCC(C)C(C)(CN)N(CCC(C)C)C1CC1. The lowest BCUT2D eigenvalue weighted by atomic mass is 9.82. The third kappa shape index (κ3) is 3.69. The van der Waals surface area contributed by atoms with E-state index in [1.165, 1.54) is 32.2 Å². The highest BCUT2D eigenvalue weighted by molar-refractivity contribution is 4.99. The monoisotopic (exact) mass is 240 g/mol. The van der Waals surface area contributed by atoms with Crippen LogP contribution in [0.5, 0.6) is 0 Å². The number of nitrogens with two attached hydrogens (primary N) is 1. The second kappa shape index (κ2) is 6.19. The molecule has 2 N–H and O–H groups in total. The first kappa shape index (κ1) is 15.0. The molecule has 1 rings (SSSR count). The maximum Gasteiger partial charge on any atom is 0.0331 e. The number of hydrogen-bond donors (Lipinski definition) is 1. The molecule has 2 heteroatoms. The van der Waals surface area contributed by atoms with Gasteiger partial charge in [-0.05, 0) is 44.6 Å². The van der Waals surface area contributed by atoms with Crippen LogP contribution in [-0.4, -0.2) is 29.6 Å². The van der Waals surface area contributed by atoms with Crippen LogP contribution in [0.3, 0.4) is 0 Å². The van der Waals surface area contributed by atoms with Crippen molar-refractivity contribution in [1.29, 1.82) is 0 Å². The van der Waals surface area contributed by atoms with Gasteiger partial charge in [-0.3, -0.25) is 4.90 Å². The highest BCUT2D eigenvalue weighted by Gasteiger charge is 2.42. The molecule has 0 heterocycles. The summed E-state index contributed by atoms with van der Waals surface area (Å²) in [7, 11) is 0. The van der Waals surface area contributed by atoms with Gasteiger partial charge in [0.15, 0.2) is 0 Å². The predicted octanol–water partition coefficient (Wildman–Crippen LogP) is 3.26. The lowest BCUT2D eigenvalue weighted by Gasteiger charge is -2.45. The first-order valence-electron chi connectivity index (χ1n) is 7.42. The van der Waals surface area contributed by atoms with Crippen LogP contribution in [0.1, 0.15) is 60.3 Å². The molecular formula is C15H32N2. The van der Waals surface area contributed by atoms with Gasteiger partial charge in [0.1, 0.15) is 0 Å². The van der Waals surface area contributed by atoms with Crippen molar-refractivity contribution in [1.82, 2.24) is 4.90 Å². The molecule has 0 radical (unpaired) electrons. The largest absolute Gasteiger partial charge is 0.329 e. The summed E-state index contributed by atoms with van der Waals surface area (Å²) in [6, 6.07) is 0.816. The van der Waals surface area contributed by atoms with E-state index in [0.29, 0.717) is 5.92 Å². The molecule has 1 aliphatic carbocycles. The van der Waals surface area contributed by atoms with Crippen molar-refractivity contribution in [3.8, 4) is 0 Å². The van der Waals surface area contributed by atoms with Crippen molar-refractivity contribution in [2.45, 2.75) is 71.9 Å². The molecule has 1 saturated carbocycles. The second-order valence-corrected chi connectivity index (χ2v) is 6.48. The second-order valence-electron chi connectivity index (χ2n) is 6.48. The smallest absolute Gasteiger partial charge is 0.0331 e. The van der Waals surface area contributed by atoms with E-state index in [1.54, 1.807) is 0 Å². The van der Waals surface area contributed by atoms with Gasteiger partial charge in [-0.1, -0.05) is 34.1 Å². The number of rotatable bonds is 8. The number of nitrogens with zero attached hydrogens (tertiary/aromatic N) is 1. The summed E-state index contributed by atoms with van der Waals surface area (Å²) in [6.07, 6.45) is 5.27. The lowest BCUT2D eigenvalue weighted by Crippen LogP contribution is -2.57. The molecule has 0 amide bonds. The quantitative estimate of drug-likeness (QED) is 0.705. The van der Waals surface area contributed by atoms with Crippen molar-refractivity contribution >= 4 is 0 Å². The first-order valence-corrected chi connectivity index (χ1v) is 7.42. The summed E-state index contributed by atoms with van der Waals surface area (Å²) in [5.41, 5.74) is 6.31. The van der Waals surface area contributed by atoms with Gasteiger partial charge < -0.3 is 5.73 Å². The summed E-state index contributed by atoms with van der Waals surface area (Å²) in [5.74, 6) is 1.47. The Kier molecular flexibility index (Phi) is 5.46. The van der Waals surface area contributed by atoms with Crippen LogP contribution >= 0.6 is 0 Å². The Bertz CT molecular complexity index is 223. The molecule has 1 aliphatic rings. The Balaban J connectivity index is 2.71. The van der Waals surface area contributed by atoms with E-state index in [9.17, 15) is 0 Å². The van der Waals surface area contributed by atoms with E-state index < -0.39 is 0 Å². The molecule has 0 aliphatic heterocycles. The maximum absolute atomic E-state index is 6.11. The highest BCUT2D eigenvalue weighted by Crippen LogP contribution is 2.37. The van der Waals surface area contributed by atoms with E-state index >= 15 is 0 Å². The standard InChI is InChI=1S/C15H32N2/c1-6-13(4)15(5,11-16)17(14-7-8-14)10-9-12(2)3/h12-14H,6-11,16H2,1-5H3. The average Bonchev–Trinajstić information content (AvgIpc) is 3.11. The zero-order valence-corrected chi connectivity index (χ0v) is 12.5. The van der Waals surface area contributed by atoms with Crippen molar-refractivity contribution in [3.63, 3.8) is 0 Å². The molecule has 102 valence electrons. The minimum absolute atomic E-state index is 0.199. The van der Waals surface area contributed by atoms with Crippen molar-refractivity contribution in [3.05, 3.63) is 0 Å². The molecule has 0 aromatic rings. The topological polar surface area (TPSA) is 29.3 Å². The van der Waals surface area contributed by atoms with Gasteiger partial charge in [0.2, 0.25) is 0 Å². The predicted molar refractivity (Wildman–Crippen MR) is 76.1 cm³/mol. The van der Waals surface area contributed by atoms with E-state index in [2.05, 4.69) is 39.5 Å². The normalized spacial score (nSPS) is 21.9. The lowest BCUT2D eigenvalue weighted by molar-refractivity contribution is 0.0461. The van der Waals surface area contributed by atoms with E-state index in [-0.39, 0.29) is 5.54 Å². The maximum atomic E-state index is 6.11. The highest BCUT2D eigenvalue weighted by atomic mass is 15.3. The third-order valence-electron chi connectivity index (χ3n) is 4.68. The molecule has 0 aromatic carbocycles. The first-order chi connectivity index (χ1) is 7.95. The van der Waals surface area contributed by atoms with Gasteiger partial charge >= 0.3 is 0 Å². The Morgan fingerprint density at radius 3 is 2.24 bits per heavy atom. The molecule has 0 aromatic heterocycles. The van der Waals surface area contributed by atoms with Crippen LogP contribution in [0.15, 0.2) is 0 Å². The zero-order valence-electron chi connectivity index (χ0n) is 12.5. The van der Waals surface area contributed by atoms with E-state index in [0.717, 1.165) is 18.5 Å². The third-order valence-corrected chi connectivity index (χ3v) is 4.68. The summed E-state index contributed by atoms with van der Waals surface area (Å²) in [4.78, 5) is 2.72. The number of hydrogen-bond acceptors (Lipinski definition) is 2. The Morgan fingerprint density at radius 2 is 1.88 bits per heavy atom. The summed E-state index contributed by atoms with van der Waals surface area (Å²) in [5, 5.41) is 0. The van der Waals surface area contributed by atoms with Crippen LogP contribution in [0.25, 0.3) is 0 Å². The minimum atomic E-state index is 0.199. The molecule has 0 bridgehead atoms. The van der Waals surface area contributed by atoms with Crippen LogP contribution < -0.4 is 5.73 Å².